The maximum Gasteiger partial charge on any atom is 0.407 e. The summed E-state index contributed by atoms with van der Waals surface area (Å²) in [6.07, 6.45) is -29.1. The fourth-order valence-corrected chi connectivity index (χ4v) is 18.4. The topological polar surface area (TPSA) is 601 Å². The molecule has 6 heterocycles. The lowest BCUT2D eigenvalue weighted by molar-refractivity contribution is -0.298. The average molecular weight is 1890 g/mol. The third-order valence-electron chi connectivity index (χ3n) is 26.0. The molecule has 18 N–H and O–H groups in total. The van der Waals surface area contributed by atoms with Crippen molar-refractivity contribution in [2.75, 3.05) is 19.6 Å². The van der Waals surface area contributed by atoms with Gasteiger partial charge < -0.3 is 155 Å². The van der Waals surface area contributed by atoms with Crippen LogP contribution >= 0.6 is 0 Å². The number of aliphatic hydroxyl groups is 6. The summed E-state index contributed by atoms with van der Waals surface area (Å²) in [5.74, 6) is -5.28. The third-order valence-corrected chi connectivity index (χ3v) is 30.4. The SMILES string of the molecule is CC1[C@@H](O[C@@H]2C(NC(=O)OCc3ccccc3)C[C@@H](CC(=O)CCC(=O)N[C@@H]3CC(NC(=O)OCc4ccccc4)[C@@H](O[C@H]4O[C@@H]5CNC(=O)O[C@H]5C(O[Si](C)(C)C(C)(C)C)C4NC(=O)OCc4ccccc4)C(O)C3O)C(O)[C@H]2O)OC2CNC(=O)O[C@H]2[C@@H]1C.CC1[C@@H](O[C@@H]2C(NC(=O)OCc3ccccc3)C[C@@H](N)C(O)[C@H]2O)OC2CNC(=O)O[C@H]2[C@@H]1C.O=C(O)CCC(=O)O. The molecule has 3 saturated carbocycles. The van der Waals surface area contributed by atoms with E-state index in [4.69, 9.17) is 82.0 Å². The number of hydrogen-bond acceptors (Lipinski definition) is 32. The highest BCUT2D eigenvalue weighted by Crippen LogP contribution is 2.44. The third kappa shape index (κ3) is 28.1. The van der Waals surface area contributed by atoms with Crippen molar-refractivity contribution in [1.82, 2.24) is 42.5 Å². The van der Waals surface area contributed by atoms with Gasteiger partial charge in [0.05, 0.1) is 68.9 Å². The normalized spacial score (nSPS) is 33.3. The number of aliphatic carboxylic acids is 2. The number of carboxylic acid groups (broad SMARTS) is 2. The van der Waals surface area contributed by atoms with Crippen LogP contribution in [0.2, 0.25) is 18.1 Å². The molecule has 732 valence electrons. The first-order chi connectivity index (χ1) is 63.2. The van der Waals surface area contributed by atoms with E-state index in [-0.39, 0.29) is 109 Å². The van der Waals surface area contributed by atoms with E-state index in [0.717, 1.165) is 5.56 Å². The van der Waals surface area contributed by atoms with Gasteiger partial charge in [-0.15, -0.1) is 0 Å². The maximum absolute atomic E-state index is 13.9. The van der Waals surface area contributed by atoms with Crippen LogP contribution in [-0.2, 0) is 112 Å². The summed E-state index contributed by atoms with van der Waals surface area (Å²) >= 11 is 0. The molecule has 30 atom stereocenters. The van der Waals surface area contributed by atoms with Gasteiger partial charge in [0.2, 0.25) is 5.91 Å². The number of fused-ring (bicyclic) bond motifs is 3. The van der Waals surface area contributed by atoms with Crippen molar-refractivity contribution < 1.29 is 160 Å². The maximum atomic E-state index is 13.9. The van der Waals surface area contributed by atoms with Crippen LogP contribution in [0.4, 0.5) is 33.6 Å². The van der Waals surface area contributed by atoms with Crippen LogP contribution in [0.15, 0.2) is 121 Å². The Kier molecular flexibility index (Phi) is 36.5. The van der Waals surface area contributed by atoms with E-state index in [9.17, 15) is 83.4 Å². The van der Waals surface area contributed by atoms with Gasteiger partial charge in [-0.05, 0) is 65.6 Å². The number of hydrogen-bond donors (Lipinski definition) is 17. The van der Waals surface area contributed by atoms with Gasteiger partial charge in [0.1, 0.15) is 118 Å². The van der Waals surface area contributed by atoms with Crippen LogP contribution in [0.25, 0.3) is 0 Å². The Morgan fingerprint density at radius 3 is 1.18 bits per heavy atom. The molecule has 3 aliphatic carbocycles. The van der Waals surface area contributed by atoms with Crippen molar-refractivity contribution in [3.8, 4) is 0 Å². The number of amides is 8. The van der Waals surface area contributed by atoms with Crippen LogP contribution < -0.4 is 48.3 Å². The summed E-state index contributed by atoms with van der Waals surface area (Å²) in [6.45, 7) is 17.5. The number of ether oxygens (including phenoxy) is 13. The number of carbonyl (C=O) groups excluding carboxylic acids is 9. The van der Waals surface area contributed by atoms with E-state index in [0.29, 0.717) is 16.7 Å². The summed E-state index contributed by atoms with van der Waals surface area (Å²) < 4.78 is 83.9. The number of carboxylic acids is 2. The zero-order chi connectivity index (χ0) is 96.3. The van der Waals surface area contributed by atoms with Crippen molar-refractivity contribution in [3.05, 3.63) is 144 Å². The Hall–Kier alpha value is -10.5. The minimum absolute atomic E-state index is 0.0782. The zero-order valence-corrected chi connectivity index (χ0v) is 76.3. The summed E-state index contributed by atoms with van der Waals surface area (Å²) in [6, 6.07) is 29.5. The Morgan fingerprint density at radius 2 is 0.774 bits per heavy atom. The molecule has 4 aromatic carbocycles. The van der Waals surface area contributed by atoms with Crippen molar-refractivity contribution in [3.63, 3.8) is 0 Å². The van der Waals surface area contributed by atoms with Crippen LogP contribution in [0.5, 0.6) is 0 Å². The molecule has 42 nitrogen and oxygen atoms in total. The lowest BCUT2D eigenvalue weighted by Crippen LogP contribution is -2.72. The summed E-state index contributed by atoms with van der Waals surface area (Å²) in [7, 11) is -2.83. The highest BCUT2D eigenvalue weighted by atomic mass is 28.4. The van der Waals surface area contributed by atoms with Gasteiger partial charge >= 0.3 is 54.6 Å². The Bertz CT molecular complexity index is 4520. The van der Waals surface area contributed by atoms with Gasteiger partial charge in [-0.3, -0.25) is 19.2 Å². The largest absolute Gasteiger partial charge is 0.481 e. The number of Topliss-reactive ketones (excluding diaryl/α,β-unsaturated/α-hetero) is 1. The number of ketones is 1. The predicted octanol–water partition coefficient (Wildman–Crippen LogP) is 4.22. The highest BCUT2D eigenvalue weighted by molar-refractivity contribution is 6.74. The number of rotatable bonds is 29. The fraction of sp³-hybridized carbons (Fsp3) is 0.611. The Labute approximate surface area is 769 Å². The van der Waals surface area contributed by atoms with E-state index in [1.54, 1.807) is 78.9 Å². The standard InChI is InChI=1S/C63H86N6O21Si.C23H33N3O8.C4H6O4/c1-33-34(2)56(84-43-28-64-58(76)88-51(33)43)86-52-41(67-60(78)81-30-35-17-11-8-12-18-35)26-38(47(72)49(52)74)25-39(70)23-24-45(71)66-40-27-42(68-61(79)82-31-36-19-13-9-14-20-36)53(50(75)48(40)73)87-57-46(69-62(80)83-32-37-21-15-10-16-22-37)55(90-91(6,7)63(3,4)5)54-44(85-57)29-65-59(77)89-54;1-11-12(2)21(32-16-9-25-22(29)34-19(11)16)33-20-15(8-14(24)17(27)18(20)28)26-23(30)31-10-13-6-4-3-5-7-13;5-3(6)1-2-4(7)8/h8-22,33-34,38,40-44,46-57,72-75H,23-32H2,1-7H3,(H,64,76)(H,65,77)(H,66,71)(H,67,78)(H,68,79)(H,69,80);3-7,11-12,14-21,27-28H,8-10,24H2,1-2H3,(H,25,29)(H,26,30);1-2H2,(H,5,6)(H,7,8)/t33-,34?,38-,40-,41?,42?,43?,44-,46?,47?,48?,49-,50?,51+,52-,53-,54-,55?,56-,57-;11-,12?,14-,15?,16?,17?,18-,19+,20-,21-;/m11./s1. The predicted molar refractivity (Wildman–Crippen MR) is 465 cm³/mol. The molecule has 8 amide bonds. The lowest BCUT2D eigenvalue weighted by atomic mass is 9.76. The van der Waals surface area contributed by atoms with E-state index < -0.39 is 251 Å². The van der Waals surface area contributed by atoms with Gasteiger partial charge in [0.25, 0.3) is 0 Å². The minimum atomic E-state index is -2.83. The molecule has 6 aliphatic heterocycles. The molecule has 9 fully saturated rings. The quantitative estimate of drug-likeness (QED) is 0.0267. The number of nitrogens with two attached hydrogens (primary N) is 1. The Morgan fingerprint density at radius 1 is 0.421 bits per heavy atom. The number of nitrogens with one attached hydrogen (secondary N) is 8. The van der Waals surface area contributed by atoms with E-state index >= 15 is 0 Å². The molecule has 0 bridgehead atoms. The van der Waals surface area contributed by atoms with Crippen molar-refractivity contribution >= 4 is 74.6 Å². The number of alkyl carbamates (subject to hydrolysis) is 7. The number of aliphatic hydroxyl groups excluding tert-OH is 6. The zero-order valence-electron chi connectivity index (χ0n) is 75.3. The lowest BCUT2D eigenvalue weighted by Gasteiger charge is -2.52. The van der Waals surface area contributed by atoms with Gasteiger partial charge in [-0.25, -0.2) is 33.6 Å². The van der Waals surface area contributed by atoms with E-state index in [2.05, 4.69) is 42.5 Å². The van der Waals surface area contributed by atoms with Crippen molar-refractivity contribution in [2.45, 2.75) is 297 Å². The second-order valence-corrected chi connectivity index (χ2v) is 41.2. The summed E-state index contributed by atoms with van der Waals surface area (Å²) in [5.41, 5.74) is 8.87. The second kappa shape index (κ2) is 47.1. The summed E-state index contributed by atoms with van der Waals surface area (Å²) in [4.78, 5) is 137. The molecule has 13 unspecified atom stereocenters. The Balaban J connectivity index is 0.000000332. The molecule has 4 aromatic rings. The van der Waals surface area contributed by atoms with E-state index in [1.807, 2.05) is 104 Å². The van der Waals surface area contributed by atoms with Crippen molar-refractivity contribution in [2.24, 2.45) is 35.3 Å². The smallest absolute Gasteiger partial charge is 0.407 e. The molecular weight excluding hydrogens is 1760 g/mol. The molecular formula is C90H125N9O33Si. The van der Waals surface area contributed by atoms with Crippen LogP contribution in [0.1, 0.15) is 122 Å². The van der Waals surface area contributed by atoms with Crippen LogP contribution in [0.3, 0.4) is 0 Å². The average Bonchev–Trinajstić information content (AvgIpc) is 0.927. The van der Waals surface area contributed by atoms with Gasteiger partial charge in [0, 0.05) is 49.0 Å². The molecule has 13 rings (SSSR count). The molecule has 0 spiro atoms. The summed E-state index contributed by atoms with van der Waals surface area (Å²) in [5, 5.41) is 106. The number of carbonyl (C=O) groups is 11. The van der Waals surface area contributed by atoms with Gasteiger partial charge in [-0.1, -0.05) is 170 Å². The first-order valence-electron chi connectivity index (χ1n) is 44.6. The molecule has 43 heteroatoms. The minimum Gasteiger partial charge on any atom is -0.481 e. The molecule has 6 saturated heterocycles. The first kappa shape index (κ1) is 103. The van der Waals surface area contributed by atoms with E-state index in [1.165, 1.54) is 0 Å². The van der Waals surface area contributed by atoms with Crippen molar-refractivity contribution in [1.29, 1.82) is 0 Å². The van der Waals surface area contributed by atoms with Gasteiger partial charge in [0.15, 0.2) is 33.3 Å². The first-order valence-corrected chi connectivity index (χ1v) is 47.5. The monoisotopic (exact) mass is 1890 g/mol. The second-order valence-electron chi connectivity index (χ2n) is 36.4. The van der Waals surface area contributed by atoms with Gasteiger partial charge in [-0.2, -0.15) is 0 Å². The number of benzene rings is 4. The fourth-order valence-electron chi connectivity index (χ4n) is 17.0. The molecule has 133 heavy (non-hydrogen) atoms. The van der Waals surface area contributed by atoms with Crippen LogP contribution in [0, 0.1) is 29.6 Å². The molecule has 0 aromatic heterocycles. The molecule has 0 radical (unpaired) electrons. The van der Waals surface area contributed by atoms with Crippen LogP contribution in [-0.4, -0.2) is 288 Å². The molecule has 9 aliphatic rings. The highest BCUT2D eigenvalue weighted by Gasteiger charge is 2.59.